The Kier molecular flexibility index (Phi) is 4.50. The van der Waals surface area contributed by atoms with Crippen LogP contribution in [-0.4, -0.2) is 16.3 Å². The van der Waals surface area contributed by atoms with Crippen LogP contribution in [0.3, 0.4) is 0 Å². The molecule has 1 aliphatic rings. The molecule has 0 radical (unpaired) electrons. The van der Waals surface area contributed by atoms with Gasteiger partial charge in [0.05, 0.1) is 16.9 Å². The van der Waals surface area contributed by atoms with Gasteiger partial charge in [0.1, 0.15) is 5.82 Å². The van der Waals surface area contributed by atoms with Gasteiger partial charge in [0, 0.05) is 17.7 Å². The number of alkyl halides is 3. The van der Waals surface area contributed by atoms with Gasteiger partial charge in [-0.25, -0.2) is 4.68 Å². The molecule has 0 saturated heterocycles. The van der Waals surface area contributed by atoms with Gasteiger partial charge < -0.3 is 5.32 Å². The van der Waals surface area contributed by atoms with E-state index < -0.39 is 11.7 Å². The van der Waals surface area contributed by atoms with Crippen molar-refractivity contribution in [3.8, 4) is 16.9 Å². The van der Waals surface area contributed by atoms with Gasteiger partial charge in [0.2, 0.25) is 0 Å². The summed E-state index contributed by atoms with van der Waals surface area (Å²) in [5, 5.41) is 10.6. The average Bonchev–Trinajstić information content (AvgIpc) is 2.93. The van der Waals surface area contributed by atoms with E-state index in [1.165, 1.54) is 12.1 Å². The maximum absolute atomic E-state index is 13.0. The topological polar surface area (TPSA) is 29.9 Å². The van der Waals surface area contributed by atoms with Crippen LogP contribution in [0.2, 0.25) is 0 Å². The molecule has 3 nitrogen and oxygen atoms in total. The van der Waals surface area contributed by atoms with Gasteiger partial charge >= 0.3 is 6.18 Å². The van der Waals surface area contributed by atoms with Crippen molar-refractivity contribution >= 4 is 16.6 Å². The van der Waals surface area contributed by atoms with Gasteiger partial charge in [0.25, 0.3) is 0 Å². The highest BCUT2D eigenvalue weighted by molar-refractivity contribution is 5.97. The van der Waals surface area contributed by atoms with Crippen molar-refractivity contribution in [3.63, 3.8) is 0 Å². The lowest BCUT2D eigenvalue weighted by atomic mass is 9.98. The van der Waals surface area contributed by atoms with E-state index in [1.807, 2.05) is 18.2 Å². The Morgan fingerprint density at radius 1 is 0.867 bits per heavy atom. The summed E-state index contributed by atoms with van der Waals surface area (Å²) in [6.07, 6.45) is -1.40. The molecule has 0 spiro atoms. The van der Waals surface area contributed by atoms with Crippen molar-refractivity contribution in [1.82, 2.24) is 9.78 Å². The van der Waals surface area contributed by atoms with Crippen LogP contribution >= 0.6 is 0 Å². The number of aromatic nitrogens is 2. The first-order chi connectivity index (χ1) is 14.5. The number of hydrogen-bond acceptors (Lipinski definition) is 2. The molecule has 6 heteroatoms. The van der Waals surface area contributed by atoms with E-state index in [0.717, 1.165) is 71.4 Å². The normalized spacial score (nSPS) is 14.2. The van der Waals surface area contributed by atoms with E-state index >= 15 is 0 Å². The maximum Gasteiger partial charge on any atom is 0.416 e. The molecule has 30 heavy (non-hydrogen) atoms. The number of nitrogens with zero attached hydrogens (tertiary/aromatic N) is 2. The molecule has 5 rings (SSSR count). The lowest BCUT2D eigenvalue weighted by molar-refractivity contribution is -0.137. The Bertz CT molecular complexity index is 1200. The summed E-state index contributed by atoms with van der Waals surface area (Å²) in [6, 6.07) is 19.5. The number of nitrogens with one attached hydrogen (secondary N) is 1. The Hall–Kier alpha value is -3.28. The lowest BCUT2D eigenvalue weighted by Gasteiger charge is -2.11. The molecule has 1 aliphatic heterocycles. The van der Waals surface area contributed by atoms with Gasteiger partial charge in [-0.2, -0.15) is 18.3 Å². The number of halogens is 3. The van der Waals surface area contributed by atoms with Crippen LogP contribution in [0.4, 0.5) is 19.0 Å². The molecule has 0 fully saturated rings. The monoisotopic (exact) mass is 407 g/mol. The molecule has 0 unspecified atom stereocenters. The minimum atomic E-state index is -4.36. The van der Waals surface area contributed by atoms with Crippen LogP contribution in [0.25, 0.3) is 27.7 Å². The molecule has 1 aromatic heterocycles. The van der Waals surface area contributed by atoms with Crippen LogP contribution in [0, 0.1) is 0 Å². The zero-order valence-electron chi connectivity index (χ0n) is 16.2. The Balaban J connectivity index is 1.69. The predicted molar refractivity (Wildman–Crippen MR) is 113 cm³/mol. The fourth-order valence-corrected chi connectivity index (χ4v) is 4.13. The largest absolute Gasteiger partial charge is 0.416 e. The number of hydrogen-bond donors (Lipinski definition) is 1. The Labute approximate surface area is 172 Å². The molecule has 1 N–H and O–H groups in total. The van der Waals surface area contributed by atoms with Crippen LogP contribution in [-0.2, 0) is 12.6 Å². The van der Waals surface area contributed by atoms with Crippen LogP contribution in [0.1, 0.15) is 24.0 Å². The maximum atomic E-state index is 13.0. The lowest BCUT2D eigenvalue weighted by Crippen LogP contribution is -2.08. The van der Waals surface area contributed by atoms with Gasteiger partial charge in [-0.15, -0.1) is 0 Å². The van der Waals surface area contributed by atoms with Crippen molar-refractivity contribution in [2.24, 2.45) is 0 Å². The van der Waals surface area contributed by atoms with E-state index in [-0.39, 0.29) is 0 Å². The highest BCUT2D eigenvalue weighted by Gasteiger charge is 2.30. The molecule has 0 amide bonds. The molecule has 0 bridgehead atoms. The zero-order chi connectivity index (χ0) is 20.7. The average molecular weight is 407 g/mol. The number of fused-ring (bicyclic) bond motifs is 2. The fraction of sp³-hybridized carbons (Fsp3) is 0.208. The van der Waals surface area contributed by atoms with Crippen molar-refractivity contribution in [2.75, 3.05) is 11.9 Å². The standard InChI is InChI=1S/C24H20F3N3/c25-24(26,27)17-11-13-18(14-12-17)30-23-21(9-3-4-15-28-23)22(29-30)20-10-5-7-16-6-1-2-8-19(16)20/h1-2,5-8,10-14,28H,3-4,9,15H2. The number of anilines is 1. The summed E-state index contributed by atoms with van der Waals surface area (Å²) in [6.45, 7) is 0.814. The number of rotatable bonds is 2. The minimum Gasteiger partial charge on any atom is -0.370 e. The van der Waals surface area contributed by atoms with Gasteiger partial charge in [-0.3, -0.25) is 0 Å². The summed E-state index contributed by atoms with van der Waals surface area (Å²) in [5.41, 5.74) is 2.99. The zero-order valence-corrected chi connectivity index (χ0v) is 16.2. The number of benzene rings is 3. The van der Waals surface area contributed by atoms with Crippen LogP contribution in [0.5, 0.6) is 0 Å². The SMILES string of the molecule is FC(F)(F)c1ccc(-n2nc(-c3cccc4ccccc34)c3c2NCCCC3)cc1. The Morgan fingerprint density at radius 3 is 2.43 bits per heavy atom. The van der Waals surface area contributed by atoms with Crippen molar-refractivity contribution in [1.29, 1.82) is 0 Å². The van der Waals surface area contributed by atoms with Crippen LogP contribution in [0.15, 0.2) is 66.7 Å². The molecular weight excluding hydrogens is 387 g/mol. The van der Waals surface area contributed by atoms with E-state index in [0.29, 0.717) is 5.69 Å². The first-order valence-electron chi connectivity index (χ1n) is 10.0. The van der Waals surface area contributed by atoms with E-state index in [9.17, 15) is 13.2 Å². The molecular formula is C24H20F3N3. The summed E-state index contributed by atoms with van der Waals surface area (Å²) in [5.74, 6) is 0.871. The van der Waals surface area contributed by atoms with E-state index in [2.05, 4.69) is 29.6 Å². The Morgan fingerprint density at radius 2 is 1.63 bits per heavy atom. The minimum absolute atomic E-state index is 0.611. The third-order valence-electron chi connectivity index (χ3n) is 5.61. The summed E-state index contributed by atoms with van der Waals surface area (Å²) in [7, 11) is 0. The van der Waals surface area contributed by atoms with Crippen molar-refractivity contribution < 1.29 is 13.2 Å². The van der Waals surface area contributed by atoms with Crippen LogP contribution < -0.4 is 5.32 Å². The summed E-state index contributed by atoms with van der Waals surface area (Å²) < 4.78 is 40.7. The molecule has 4 aromatic rings. The van der Waals surface area contributed by atoms with E-state index in [4.69, 9.17) is 5.10 Å². The highest BCUT2D eigenvalue weighted by atomic mass is 19.4. The third kappa shape index (κ3) is 3.22. The third-order valence-corrected chi connectivity index (χ3v) is 5.61. The molecule has 152 valence electrons. The smallest absolute Gasteiger partial charge is 0.370 e. The summed E-state index contributed by atoms with van der Waals surface area (Å²) >= 11 is 0. The van der Waals surface area contributed by atoms with E-state index in [1.54, 1.807) is 4.68 Å². The quantitative estimate of drug-likeness (QED) is 0.413. The van der Waals surface area contributed by atoms with Crippen molar-refractivity contribution in [2.45, 2.75) is 25.4 Å². The second-order valence-corrected chi connectivity index (χ2v) is 7.54. The van der Waals surface area contributed by atoms with Crippen molar-refractivity contribution in [3.05, 3.63) is 77.9 Å². The summed E-state index contributed by atoms with van der Waals surface area (Å²) in [4.78, 5) is 0. The van der Waals surface area contributed by atoms with Gasteiger partial charge in [-0.1, -0.05) is 42.5 Å². The first kappa shape index (κ1) is 18.7. The second-order valence-electron chi connectivity index (χ2n) is 7.54. The van der Waals surface area contributed by atoms with Gasteiger partial charge in [0.15, 0.2) is 0 Å². The van der Waals surface area contributed by atoms with Gasteiger partial charge in [-0.05, 0) is 54.3 Å². The molecule has 0 saturated carbocycles. The molecule has 0 atom stereocenters. The molecule has 2 heterocycles. The fourth-order valence-electron chi connectivity index (χ4n) is 4.13. The highest BCUT2D eigenvalue weighted by Crippen LogP contribution is 2.37. The molecule has 0 aliphatic carbocycles. The molecule has 3 aromatic carbocycles. The predicted octanol–water partition coefficient (Wildman–Crippen LogP) is 6.46. The second kappa shape index (κ2) is 7.20. The first-order valence-corrected chi connectivity index (χ1v) is 10.0.